The number of hydrogen-bond donors (Lipinski definition) is 4. The van der Waals surface area contributed by atoms with Gasteiger partial charge in [-0.15, -0.1) is 0 Å². The summed E-state index contributed by atoms with van der Waals surface area (Å²) in [6.45, 7) is 19.3. The van der Waals surface area contributed by atoms with Gasteiger partial charge in [0.2, 0.25) is 11.4 Å². The highest BCUT2D eigenvalue weighted by atomic mass is 79.9. The van der Waals surface area contributed by atoms with Crippen LogP contribution in [0.5, 0.6) is 0 Å². The first kappa shape index (κ1) is 42.8. The van der Waals surface area contributed by atoms with E-state index in [0.29, 0.717) is 0 Å². The normalized spacial score (nSPS) is 16.9. The van der Waals surface area contributed by atoms with Crippen LogP contribution in [-0.4, -0.2) is 41.0 Å². The van der Waals surface area contributed by atoms with E-state index in [-0.39, 0.29) is 34.0 Å². The van der Waals surface area contributed by atoms with Crippen molar-refractivity contribution in [3.05, 3.63) is 185 Å². The van der Waals surface area contributed by atoms with Crippen LogP contribution in [-0.2, 0) is 38.8 Å². The number of hydrogen-bond acceptors (Lipinski definition) is 2. The van der Waals surface area contributed by atoms with Gasteiger partial charge in [-0.1, -0.05) is 60.7 Å². The number of rotatable bonds is 4. The summed E-state index contributed by atoms with van der Waals surface area (Å²) in [5, 5.41) is 10.5. The van der Waals surface area contributed by atoms with Crippen molar-refractivity contribution in [3.8, 4) is 0 Å². The third-order valence-corrected chi connectivity index (χ3v) is 13.0. The first-order valence-electron chi connectivity index (χ1n) is 20.6. The molecular formula is C50H54Br2N8. The van der Waals surface area contributed by atoms with Gasteiger partial charge in [-0.05, 0) is 101 Å². The second-order valence-electron chi connectivity index (χ2n) is 16.6. The van der Waals surface area contributed by atoms with Gasteiger partial charge in [0.25, 0.3) is 0 Å². The van der Waals surface area contributed by atoms with Gasteiger partial charge >= 0.3 is 0 Å². The highest BCUT2D eigenvalue weighted by molar-refractivity contribution is 6.00. The van der Waals surface area contributed by atoms with Gasteiger partial charge in [0.05, 0.1) is 37.3 Å². The van der Waals surface area contributed by atoms with Gasteiger partial charge in [0.15, 0.2) is 11.4 Å². The maximum absolute atomic E-state index is 5.26. The molecule has 0 spiro atoms. The number of allylic oxidation sites excluding steroid dienone is 4. The van der Waals surface area contributed by atoms with E-state index in [0.717, 1.165) is 72.9 Å². The summed E-state index contributed by atoms with van der Waals surface area (Å²) in [5.41, 5.74) is 26.6. The minimum atomic E-state index is 0. The minimum Gasteiger partial charge on any atom is -1.00 e. The van der Waals surface area contributed by atoms with Crippen molar-refractivity contribution in [2.75, 3.05) is 0 Å². The fraction of sp³-hybridized carbons (Fsp3) is 0.280. The number of aromatic amines is 2. The summed E-state index contributed by atoms with van der Waals surface area (Å²) in [4.78, 5) is 15.3. The van der Waals surface area contributed by atoms with E-state index in [1.165, 1.54) is 89.9 Å². The van der Waals surface area contributed by atoms with E-state index in [2.05, 4.69) is 170 Å². The zero-order valence-electron chi connectivity index (χ0n) is 35.9. The van der Waals surface area contributed by atoms with Gasteiger partial charge in [-0.3, -0.25) is 9.36 Å². The van der Waals surface area contributed by atoms with Gasteiger partial charge in [0, 0.05) is 81.4 Å². The molecule has 0 saturated heterocycles. The first-order valence-corrected chi connectivity index (χ1v) is 20.6. The Morgan fingerprint density at radius 2 is 0.883 bits per heavy atom. The number of fused-ring (bicyclic) bond motifs is 10. The zero-order chi connectivity index (χ0) is 40.2. The standard InChI is InChI=1S/C50H52N8.2BrH/c1-29-33(5)47-25-49-35(7)31(3)45(53-49)24-42-20-40(56-58(42)28-38-17-13-10-14-18-38)22-44-30(2)34(6)48(52-44)26-50-36(8)32(4)46(54-50)23-41-19-39(21-43(29)51-47)55-57(41)27-37-15-11-9-12-16-37;;/h9-20,25-26,51-52H,21-24,27-28H2,1-8H3;2*1H/b49-25+,50-26+;;. The topological polar surface area (TPSA) is 95.2 Å². The molecule has 9 rings (SSSR count). The molecule has 3 aliphatic heterocycles. The lowest BCUT2D eigenvalue weighted by molar-refractivity contribution is -0.388. The van der Waals surface area contributed by atoms with E-state index in [4.69, 9.17) is 10.2 Å². The Hall–Kier alpha value is -5.32. The van der Waals surface area contributed by atoms with E-state index >= 15 is 0 Å². The fourth-order valence-electron chi connectivity index (χ4n) is 8.68. The molecule has 0 fully saturated rings. The quantitative estimate of drug-likeness (QED) is 0.208. The van der Waals surface area contributed by atoms with Crippen molar-refractivity contribution in [2.45, 2.75) is 94.2 Å². The van der Waals surface area contributed by atoms with E-state index in [1.54, 1.807) is 0 Å². The molecule has 3 aliphatic rings. The van der Waals surface area contributed by atoms with Crippen molar-refractivity contribution in [3.63, 3.8) is 0 Å². The van der Waals surface area contributed by atoms with Crippen LogP contribution in [0.1, 0.15) is 107 Å². The Bertz CT molecular complexity index is 2600. The number of nitrogens with zero attached hydrogens (tertiary/aromatic N) is 4. The molecule has 2 aromatic carbocycles. The molecular weight excluding hydrogens is 872 g/mol. The number of halogens is 2. The van der Waals surface area contributed by atoms with Crippen molar-refractivity contribution >= 4 is 23.6 Å². The number of benzene rings is 2. The SMILES string of the molecule is CC1=C(C)/C2=C\c3[nH]c(c(C)c3C)Cc3cc(n(Cc4ccccc4)n3)CC3=[NH+]/C(=C/c4[nH]c(c(C)c4C)Cc4cc(n(Cc5ccccc5)n4)CC1=[NH+]2)C(C)=C3C.[Br-].[Br-]. The summed E-state index contributed by atoms with van der Waals surface area (Å²) in [6, 6.07) is 25.9. The molecule has 0 unspecified atom stereocenters. The molecule has 4 aromatic heterocycles. The molecule has 7 heterocycles. The molecule has 0 atom stereocenters. The van der Waals surface area contributed by atoms with Crippen LogP contribution in [0, 0.1) is 27.7 Å². The summed E-state index contributed by atoms with van der Waals surface area (Å²) in [7, 11) is 0. The maximum atomic E-state index is 5.26. The monoisotopic (exact) mass is 924 g/mol. The first-order chi connectivity index (χ1) is 28.0. The fourth-order valence-corrected chi connectivity index (χ4v) is 8.68. The Kier molecular flexibility index (Phi) is 12.4. The van der Waals surface area contributed by atoms with Crippen LogP contribution in [0.2, 0.25) is 0 Å². The Balaban J connectivity index is 0.00000272. The predicted octanol–water partition coefficient (Wildman–Crippen LogP) is 0.479. The lowest BCUT2D eigenvalue weighted by Gasteiger charge is -2.07. The van der Waals surface area contributed by atoms with Crippen LogP contribution in [0.4, 0.5) is 0 Å². The third-order valence-electron chi connectivity index (χ3n) is 13.0. The second kappa shape index (κ2) is 17.3. The van der Waals surface area contributed by atoms with Gasteiger partial charge in [0.1, 0.15) is 0 Å². The van der Waals surface area contributed by atoms with E-state index in [9.17, 15) is 0 Å². The second-order valence-corrected chi connectivity index (χ2v) is 16.6. The van der Waals surface area contributed by atoms with E-state index in [1.807, 2.05) is 0 Å². The summed E-state index contributed by atoms with van der Waals surface area (Å²) >= 11 is 0. The molecule has 60 heavy (non-hydrogen) atoms. The molecule has 0 radical (unpaired) electrons. The zero-order valence-corrected chi connectivity index (χ0v) is 39.0. The van der Waals surface area contributed by atoms with Crippen molar-refractivity contribution in [2.24, 2.45) is 0 Å². The van der Waals surface area contributed by atoms with Crippen LogP contribution in [0.15, 0.2) is 106 Å². The molecule has 0 aliphatic carbocycles. The molecule has 6 aromatic rings. The molecule has 0 saturated carbocycles. The number of nitrogens with one attached hydrogen (secondary N) is 4. The van der Waals surface area contributed by atoms with Gasteiger partial charge in [-0.2, -0.15) is 10.2 Å². The van der Waals surface area contributed by atoms with E-state index < -0.39 is 0 Å². The molecule has 308 valence electrons. The molecule has 10 heteroatoms. The summed E-state index contributed by atoms with van der Waals surface area (Å²) in [6.07, 6.45) is 7.57. The average molecular weight is 927 g/mol. The Morgan fingerprint density at radius 1 is 0.500 bits per heavy atom. The van der Waals surface area contributed by atoms with Crippen LogP contribution < -0.4 is 43.9 Å². The Labute approximate surface area is 374 Å². The number of H-pyrrole nitrogens is 2. The van der Waals surface area contributed by atoms with Gasteiger partial charge in [-0.25, -0.2) is 9.98 Å². The molecule has 8 nitrogen and oxygen atoms in total. The third kappa shape index (κ3) is 8.24. The summed E-state index contributed by atoms with van der Waals surface area (Å²) < 4.78 is 4.40. The van der Waals surface area contributed by atoms with Crippen LogP contribution in [0.3, 0.4) is 0 Å². The lowest BCUT2D eigenvalue weighted by atomic mass is 10.0. The maximum Gasteiger partial charge on any atom is 0.209 e. The molecule has 12 bridgehead atoms. The van der Waals surface area contributed by atoms with Crippen molar-refractivity contribution < 1.29 is 43.9 Å². The number of aromatic nitrogens is 6. The highest BCUT2D eigenvalue weighted by Crippen LogP contribution is 2.28. The summed E-state index contributed by atoms with van der Waals surface area (Å²) in [5.74, 6) is 0. The molecule has 0 amide bonds. The highest BCUT2D eigenvalue weighted by Gasteiger charge is 2.29. The predicted molar refractivity (Wildman–Crippen MR) is 234 cm³/mol. The smallest absolute Gasteiger partial charge is 0.209 e. The van der Waals surface area contributed by atoms with Crippen LogP contribution >= 0.6 is 0 Å². The van der Waals surface area contributed by atoms with Gasteiger partial charge < -0.3 is 43.9 Å². The lowest BCUT2D eigenvalue weighted by Crippen LogP contribution is -3.00. The molecule has 4 N–H and O–H groups in total. The van der Waals surface area contributed by atoms with Crippen LogP contribution in [0.25, 0.3) is 12.2 Å². The average Bonchev–Trinajstić information content (AvgIpc) is 4.02. The van der Waals surface area contributed by atoms with Crippen molar-refractivity contribution in [1.29, 1.82) is 0 Å². The van der Waals surface area contributed by atoms with Crippen molar-refractivity contribution in [1.82, 2.24) is 29.5 Å². The minimum absolute atomic E-state index is 0. The Morgan fingerprint density at radius 3 is 1.27 bits per heavy atom. The largest absolute Gasteiger partial charge is 1.00 e.